The zero-order valence-corrected chi connectivity index (χ0v) is 22.1. The molecule has 2 aromatic carbocycles. The first-order chi connectivity index (χ1) is 20.1. The minimum Gasteiger partial charge on any atom is -0.494 e. The third-order valence-corrected chi connectivity index (χ3v) is 6.16. The predicted octanol–water partition coefficient (Wildman–Crippen LogP) is 5.75. The number of fused-ring (bicyclic) bond motifs is 1. The molecule has 0 bridgehead atoms. The number of alkyl halides is 3. The van der Waals surface area contributed by atoms with Crippen molar-refractivity contribution in [3.8, 4) is 39.9 Å². The molecule has 0 saturated carbocycles. The summed E-state index contributed by atoms with van der Waals surface area (Å²) in [6.45, 7) is 2.09. The Morgan fingerprint density at radius 3 is 2.40 bits per heavy atom. The van der Waals surface area contributed by atoms with E-state index in [4.69, 9.17) is 9.47 Å². The molecule has 2 aliphatic rings. The number of aromatic nitrogens is 6. The molecule has 216 valence electrons. The molecule has 0 aliphatic carbocycles. The molecule has 3 heterocycles. The fourth-order valence-electron chi connectivity index (χ4n) is 4.17. The molecule has 0 spiro atoms. The average molecular weight is 585 g/mol. The van der Waals surface area contributed by atoms with Crippen molar-refractivity contribution in [3.63, 3.8) is 0 Å². The highest BCUT2D eigenvalue weighted by molar-refractivity contribution is 5.78. The quantitative estimate of drug-likeness (QED) is 0.168. The van der Waals surface area contributed by atoms with Crippen LogP contribution in [-0.4, -0.2) is 49.4 Å². The van der Waals surface area contributed by atoms with E-state index < -0.39 is 35.4 Å². The van der Waals surface area contributed by atoms with Crippen molar-refractivity contribution in [3.05, 3.63) is 83.9 Å². The van der Waals surface area contributed by atoms with Gasteiger partial charge in [0.15, 0.2) is 29.3 Å². The minimum absolute atomic E-state index is 0.0621. The average Bonchev–Trinajstić information content (AvgIpc) is 3.40. The Morgan fingerprint density at radius 1 is 0.976 bits per heavy atom. The summed E-state index contributed by atoms with van der Waals surface area (Å²) >= 11 is 0. The molecule has 1 unspecified atom stereocenters. The number of halogens is 5. The van der Waals surface area contributed by atoms with Gasteiger partial charge in [-0.25, -0.2) is 33.5 Å². The molecule has 1 atom stereocenters. The third kappa shape index (κ3) is 5.60. The highest BCUT2D eigenvalue weighted by Gasteiger charge is 2.35. The number of imidazole rings is 1. The number of hydrogen-bond acceptors (Lipinski definition) is 8. The van der Waals surface area contributed by atoms with Crippen molar-refractivity contribution in [1.82, 2.24) is 29.7 Å². The Labute approximate surface area is 235 Å². The highest BCUT2D eigenvalue weighted by Crippen LogP contribution is 2.38. The van der Waals surface area contributed by atoms with Gasteiger partial charge in [0.25, 0.3) is 0 Å². The first-order valence-electron chi connectivity index (χ1n) is 12.5. The second-order valence-corrected chi connectivity index (χ2v) is 8.99. The molecule has 0 radical (unpaired) electrons. The van der Waals surface area contributed by atoms with Crippen LogP contribution < -0.4 is 4.74 Å². The monoisotopic (exact) mass is 584 g/mol. The number of nitrogens with zero attached hydrogens (tertiary/aromatic N) is 6. The van der Waals surface area contributed by atoms with Crippen LogP contribution in [0.25, 0.3) is 34.2 Å². The molecule has 0 saturated heterocycles. The van der Waals surface area contributed by atoms with Gasteiger partial charge in [0.05, 0.1) is 37.2 Å². The lowest BCUT2D eigenvalue weighted by atomic mass is 10.1. The lowest BCUT2D eigenvalue weighted by Crippen LogP contribution is -2.24. The van der Waals surface area contributed by atoms with E-state index in [0.29, 0.717) is 6.42 Å². The van der Waals surface area contributed by atoms with Crippen LogP contribution in [-0.2, 0) is 15.7 Å². The van der Waals surface area contributed by atoms with Gasteiger partial charge >= 0.3 is 12.1 Å². The van der Waals surface area contributed by atoms with Gasteiger partial charge in [0.1, 0.15) is 17.1 Å². The van der Waals surface area contributed by atoms with Crippen molar-refractivity contribution in [2.45, 2.75) is 25.6 Å². The Balaban J connectivity index is 1.51. The molecule has 1 aromatic heterocycles. The van der Waals surface area contributed by atoms with Gasteiger partial charge in [0.2, 0.25) is 0 Å². The smallest absolute Gasteiger partial charge is 0.417 e. The Bertz CT molecular complexity index is 1710. The van der Waals surface area contributed by atoms with Crippen LogP contribution in [0.5, 0.6) is 5.75 Å². The molecule has 2 aliphatic heterocycles. The summed E-state index contributed by atoms with van der Waals surface area (Å²) in [7, 11) is 1.15. The summed E-state index contributed by atoms with van der Waals surface area (Å²) in [4.78, 5) is 29.4. The van der Waals surface area contributed by atoms with Crippen LogP contribution in [0, 0.1) is 11.6 Å². The minimum atomic E-state index is -4.71. The van der Waals surface area contributed by atoms with Crippen LogP contribution in [0.15, 0.2) is 61.2 Å². The van der Waals surface area contributed by atoms with E-state index in [1.165, 1.54) is 53.7 Å². The SMILES string of the molecule is CCCOc1ccc(-c2ncc(C(C(=O)OC)n3cc4nc(-c5cccc(F)c5F)nc-4cn3)cn2)c(C(F)(F)F)c1. The third-order valence-electron chi connectivity index (χ3n) is 6.16. The largest absolute Gasteiger partial charge is 0.494 e. The van der Waals surface area contributed by atoms with Gasteiger partial charge in [-0.05, 0) is 36.8 Å². The van der Waals surface area contributed by atoms with Crippen molar-refractivity contribution < 1.29 is 36.2 Å². The van der Waals surface area contributed by atoms with E-state index in [0.717, 1.165) is 19.2 Å². The summed E-state index contributed by atoms with van der Waals surface area (Å²) in [5, 5.41) is 4.19. The number of esters is 1. The number of hydrogen-bond donors (Lipinski definition) is 0. The molecular weight excluding hydrogens is 563 g/mol. The maximum Gasteiger partial charge on any atom is 0.417 e. The van der Waals surface area contributed by atoms with Crippen LogP contribution in [0.2, 0.25) is 0 Å². The zero-order valence-electron chi connectivity index (χ0n) is 22.1. The Hall–Kier alpha value is -5.01. The standard InChI is InChI=1S/C28H21F5N6O3/c1-3-9-42-16-7-8-17(19(10-16)28(31,32)33)25-34-11-15(12-35-25)24(27(40)41-2)39-14-22-21(13-36-39)37-26(38-22)18-5-4-6-20(29)23(18)30/h4-8,10-14,24H,3,9H2,1-2H3. The topological polar surface area (TPSA) is 105 Å². The zero-order chi connectivity index (χ0) is 30.0. The number of carbonyl (C=O) groups excluding carboxylic acids is 1. The van der Waals surface area contributed by atoms with Crippen molar-refractivity contribution >= 4 is 5.97 Å². The number of rotatable bonds is 8. The second kappa shape index (κ2) is 11.5. The number of ether oxygens (including phenoxy) is 2. The fraction of sp³-hybridized carbons (Fsp3) is 0.214. The van der Waals surface area contributed by atoms with E-state index in [9.17, 15) is 26.7 Å². The summed E-state index contributed by atoms with van der Waals surface area (Å²) in [5.41, 5.74) is -0.815. The molecule has 9 nitrogen and oxygen atoms in total. The van der Waals surface area contributed by atoms with Crippen molar-refractivity contribution in [2.75, 3.05) is 13.7 Å². The van der Waals surface area contributed by atoms with E-state index >= 15 is 0 Å². The Kier molecular flexibility index (Phi) is 7.79. The van der Waals surface area contributed by atoms with Crippen LogP contribution in [0.1, 0.15) is 30.5 Å². The van der Waals surface area contributed by atoms with E-state index in [1.54, 1.807) is 0 Å². The lowest BCUT2D eigenvalue weighted by molar-refractivity contribution is -0.143. The first-order valence-corrected chi connectivity index (χ1v) is 12.5. The summed E-state index contributed by atoms with van der Waals surface area (Å²) < 4.78 is 81.0. The molecule has 0 N–H and O–H groups in total. The van der Waals surface area contributed by atoms with Crippen molar-refractivity contribution in [1.29, 1.82) is 0 Å². The summed E-state index contributed by atoms with van der Waals surface area (Å²) in [5.74, 6) is -3.22. The molecule has 14 heteroatoms. The molecule has 42 heavy (non-hydrogen) atoms. The molecule has 5 rings (SSSR count). The van der Waals surface area contributed by atoms with Gasteiger partial charge in [-0.3, -0.25) is 4.68 Å². The van der Waals surface area contributed by atoms with E-state index in [-0.39, 0.29) is 52.1 Å². The summed E-state index contributed by atoms with van der Waals surface area (Å²) in [6.07, 6.45) is 0.908. The Morgan fingerprint density at radius 2 is 1.71 bits per heavy atom. The van der Waals surface area contributed by atoms with Gasteiger partial charge in [-0.2, -0.15) is 18.3 Å². The van der Waals surface area contributed by atoms with Gasteiger partial charge in [-0.1, -0.05) is 13.0 Å². The van der Waals surface area contributed by atoms with E-state index in [2.05, 4.69) is 25.0 Å². The summed E-state index contributed by atoms with van der Waals surface area (Å²) in [6, 6.07) is 5.85. The highest BCUT2D eigenvalue weighted by atomic mass is 19.4. The first kappa shape index (κ1) is 28.5. The van der Waals surface area contributed by atoms with E-state index in [1.807, 2.05) is 6.92 Å². The van der Waals surface area contributed by atoms with Crippen LogP contribution in [0.4, 0.5) is 22.0 Å². The molecular formula is C28H21F5N6O3. The lowest BCUT2D eigenvalue weighted by Gasteiger charge is -2.18. The fourth-order valence-corrected chi connectivity index (χ4v) is 4.17. The number of carbonyl (C=O) groups is 1. The van der Waals surface area contributed by atoms with Crippen LogP contribution in [0.3, 0.4) is 0 Å². The van der Waals surface area contributed by atoms with Gasteiger partial charge in [0, 0.05) is 23.5 Å². The van der Waals surface area contributed by atoms with Gasteiger partial charge in [-0.15, -0.1) is 0 Å². The maximum atomic E-state index is 14.3. The normalized spacial score (nSPS) is 12.4. The second-order valence-electron chi connectivity index (χ2n) is 8.99. The number of benzene rings is 2. The van der Waals surface area contributed by atoms with Crippen molar-refractivity contribution in [2.24, 2.45) is 0 Å². The maximum absolute atomic E-state index is 14.3. The predicted molar refractivity (Wildman–Crippen MR) is 138 cm³/mol. The molecule has 3 aromatic rings. The molecule has 0 amide bonds. The number of methoxy groups -OCH3 is 1. The van der Waals surface area contributed by atoms with Gasteiger partial charge < -0.3 is 9.47 Å². The van der Waals surface area contributed by atoms with Crippen LogP contribution >= 0.6 is 0 Å². The molecule has 0 fully saturated rings.